The van der Waals surface area contributed by atoms with Gasteiger partial charge in [-0.25, -0.2) is 18.7 Å². The molecule has 1 saturated heterocycles. The van der Waals surface area contributed by atoms with Crippen molar-refractivity contribution in [2.24, 2.45) is 0 Å². The third kappa shape index (κ3) is 2.16. The molecule has 110 valence electrons. The number of ether oxygens (including phenoxy) is 1. The van der Waals surface area contributed by atoms with Gasteiger partial charge in [-0.1, -0.05) is 11.6 Å². The lowest BCUT2D eigenvalue weighted by Gasteiger charge is -2.23. The fourth-order valence-electron chi connectivity index (χ4n) is 2.08. The monoisotopic (exact) mass is 318 g/mol. The summed E-state index contributed by atoms with van der Waals surface area (Å²) in [6.45, 7) is -0.410. The number of rotatable bonds is 3. The molecule has 0 spiro atoms. The third-order valence-electron chi connectivity index (χ3n) is 3.25. The van der Waals surface area contributed by atoms with Crippen molar-refractivity contribution in [2.45, 2.75) is 11.5 Å². The highest BCUT2D eigenvalue weighted by atomic mass is 35.5. The van der Waals surface area contributed by atoms with Crippen molar-refractivity contribution in [2.75, 3.05) is 6.61 Å². The standard InChI is InChI=1S/C13H7ClF4N2O/c14-11-5-19-10(4-20-11)13(17,18)12(6-21-12)8-2-1-7(15)3-9(8)16/h1-5H,6H2. The molecular weight excluding hydrogens is 312 g/mol. The van der Waals surface area contributed by atoms with Crippen molar-refractivity contribution in [3.63, 3.8) is 0 Å². The molecule has 1 atom stereocenters. The number of hydrogen-bond donors (Lipinski definition) is 0. The van der Waals surface area contributed by atoms with Gasteiger partial charge in [0, 0.05) is 11.6 Å². The second-order valence-electron chi connectivity index (χ2n) is 4.54. The van der Waals surface area contributed by atoms with Crippen molar-refractivity contribution in [3.05, 3.63) is 58.6 Å². The molecule has 1 aromatic heterocycles. The van der Waals surface area contributed by atoms with Gasteiger partial charge >= 0.3 is 5.92 Å². The van der Waals surface area contributed by atoms with E-state index in [1.54, 1.807) is 0 Å². The summed E-state index contributed by atoms with van der Waals surface area (Å²) in [4.78, 5) is 7.04. The Labute approximate surface area is 121 Å². The molecule has 1 fully saturated rings. The lowest BCUT2D eigenvalue weighted by atomic mass is 9.90. The molecule has 0 radical (unpaired) electrons. The van der Waals surface area contributed by atoms with Gasteiger partial charge in [0.05, 0.1) is 19.0 Å². The summed E-state index contributed by atoms with van der Waals surface area (Å²) in [5.74, 6) is -5.60. The van der Waals surface area contributed by atoms with Gasteiger partial charge < -0.3 is 4.74 Å². The third-order valence-corrected chi connectivity index (χ3v) is 3.44. The number of benzene rings is 1. The predicted molar refractivity (Wildman–Crippen MR) is 64.9 cm³/mol. The van der Waals surface area contributed by atoms with Crippen LogP contribution in [0, 0.1) is 11.6 Å². The van der Waals surface area contributed by atoms with Crippen LogP contribution < -0.4 is 0 Å². The van der Waals surface area contributed by atoms with Gasteiger partial charge in [0.2, 0.25) is 0 Å². The van der Waals surface area contributed by atoms with Crippen LogP contribution in [0.25, 0.3) is 0 Å². The SMILES string of the molecule is Fc1ccc(C2(C(F)(F)c3cnc(Cl)cn3)CO2)c(F)c1. The average Bonchev–Trinajstić information content (AvgIpc) is 3.21. The van der Waals surface area contributed by atoms with Crippen LogP contribution in [0.2, 0.25) is 5.15 Å². The van der Waals surface area contributed by atoms with Gasteiger partial charge in [0.1, 0.15) is 22.5 Å². The van der Waals surface area contributed by atoms with E-state index in [2.05, 4.69) is 9.97 Å². The number of aromatic nitrogens is 2. The normalized spacial score (nSPS) is 21.4. The molecule has 0 saturated carbocycles. The van der Waals surface area contributed by atoms with Crippen LogP contribution in [0.15, 0.2) is 30.6 Å². The highest BCUT2D eigenvalue weighted by Crippen LogP contribution is 2.56. The fraction of sp³-hybridized carbons (Fsp3) is 0.231. The molecule has 0 bridgehead atoms. The zero-order valence-electron chi connectivity index (χ0n) is 10.3. The predicted octanol–water partition coefficient (Wildman–Crippen LogP) is 3.43. The van der Waals surface area contributed by atoms with Crippen molar-refractivity contribution < 1.29 is 22.3 Å². The maximum Gasteiger partial charge on any atom is 0.325 e. The van der Waals surface area contributed by atoms with Gasteiger partial charge in [-0.3, -0.25) is 0 Å². The molecule has 3 rings (SSSR count). The maximum absolute atomic E-state index is 14.6. The minimum absolute atomic E-state index is 0.0479. The number of nitrogens with zero attached hydrogens (tertiary/aromatic N) is 2. The first kappa shape index (κ1) is 14.2. The molecule has 8 heteroatoms. The Morgan fingerprint density at radius 3 is 2.43 bits per heavy atom. The highest BCUT2D eigenvalue weighted by Gasteiger charge is 2.68. The number of hydrogen-bond acceptors (Lipinski definition) is 3. The summed E-state index contributed by atoms with van der Waals surface area (Å²) in [7, 11) is 0. The van der Waals surface area contributed by atoms with Gasteiger partial charge in [0.25, 0.3) is 0 Å². The number of alkyl halides is 2. The largest absolute Gasteiger partial charge is 0.357 e. The highest BCUT2D eigenvalue weighted by molar-refractivity contribution is 6.29. The fourth-order valence-corrected chi connectivity index (χ4v) is 2.17. The van der Waals surface area contributed by atoms with Crippen molar-refractivity contribution in [1.29, 1.82) is 0 Å². The Kier molecular flexibility index (Phi) is 3.14. The van der Waals surface area contributed by atoms with Crippen LogP contribution in [0.4, 0.5) is 17.6 Å². The van der Waals surface area contributed by atoms with Crippen LogP contribution >= 0.6 is 11.6 Å². The second-order valence-corrected chi connectivity index (χ2v) is 4.93. The molecule has 0 N–H and O–H groups in total. The topological polar surface area (TPSA) is 38.3 Å². The first-order chi connectivity index (χ1) is 9.87. The van der Waals surface area contributed by atoms with Crippen LogP contribution in [0.1, 0.15) is 11.3 Å². The molecule has 1 aromatic carbocycles. The molecule has 1 aliphatic heterocycles. The van der Waals surface area contributed by atoms with Gasteiger partial charge in [-0.15, -0.1) is 0 Å². The minimum Gasteiger partial charge on any atom is -0.357 e. The Balaban J connectivity index is 2.06. The van der Waals surface area contributed by atoms with E-state index in [1.165, 1.54) is 0 Å². The van der Waals surface area contributed by atoms with E-state index < -0.39 is 41.0 Å². The lowest BCUT2D eigenvalue weighted by Crippen LogP contribution is -2.34. The molecule has 3 nitrogen and oxygen atoms in total. The Morgan fingerprint density at radius 1 is 1.19 bits per heavy atom. The molecule has 0 aliphatic carbocycles. The van der Waals surface area contributed by atoms with Crippen LogP contribution in [-0.2, 0) is 16.3 Å². The van der Waals surface area contributed by atoms with Gasteiger partial charge in [-0.2, -0.15) is 8.78 Å². The van der Waals surface area contributed by atoms with Crippen LogP contribution in [0.3, 0.4) is 0 Å². The van der Waals surface area contributed by atoms with Crippen LogP contribution in [0.5, 0.6) is 0 Å². The molecule has 1 unspecified atom stereocenters. The van der Waals surface area contributed by atoms with Crippen molar-refractivity contribution in [1.82, 2.24) is 9.97 Å². The van der Waals surface area contributed by atoms with E-state index in [1.807, 2.05) is 0 Å². The van der Waals surface area contributed by atoms with E-state index in [-0.39, 0.29) is 5.15 Å². The summed E-state index contributed by atoms with van der Waals surface area (Å²) < 4.78 is 60.7. The second kappa shape index (κ2) is 4.64. The molecule has 2 aromatic rings. The summed E-state index contributed by atoms with van der Waals surface area (Å²) in [5.41, 5.74) is -3.33. The summed E-state index contributed by atoms with van der Waals surface area (Å²) in [5, 5.41) is -0.0479. The van der Waals surface area contributed by atoms with E-state index in [9.17, 15) is 17.6 Å². The Hall–Kier alpha value is -1.73. The molecule has 21 heavy (non-hydrogen) atoms. The van der Waals surface area contributed by atoms with E-state index in [0.29, 0.717) is 6.07 Å². The zero-order valence-corrected chi connectivity index (χ0v) is 11.0. The first-order valence-corrected chi connectivity index (χ1v) is 6.20. The number of halogens is 5. The maximum atomic E-state index is 14.6. The van der Waals surface area contributed by atoms with Crippen molar-refractivity contribution in [3.8, 4) is 0 Å². The average molecular weight is 319 g/mol. The molecule has 0 amide bonds. The Bertz CT molecular complexity index is 689. The van der Waals surface area contributed by atoms with Gasteiger partial charge in [0.15, 0.2) is 5.60 Å². The van der Waals surface area contributed by atoms with E-state index in [4.69, 9.17) is 16.3 Å². The Morgan fingerprint density at radius 2 is 1.90 bits per heavy atom. The quantitative estimate of drug-likeness (QED) is 0.643. The van der Waals surface area contributed by atoms with Gasteiger partial charge in [-0.05, 0) is 12.1 Å². The summed E-state index contributed by atoms with van der Waals surface area (Å²) in [6.07, 6.45) is 1.76. The molecule has 1 aliphatic rings. The lowest BCUT2D eigenvalue weighted by molar-refractivity contribution is -0.0904. The molecule has 2 heterocycles. The van der Waals surface area contributed by atoms with E-state index >= 15 is 0 Å². The van der Waals surface area contributed by atoms with E-state index in [0.717, 1.165) is 24.5 Å². The summed E-state index contributed by atoms with van der Waals surface area (Å²) in [6, 6.07) is 2.36. The summed E-state index contributed by atoms with van der Waals surface area (Å²) >= 11 is 5.50. The smallest absolute Gasteiger partial charge is 0.325 e. The first-order valence-electron chi connectivity index (χ1n) is 5.82. The van der Waals surface area contributed by atoms with Crippen molar-refractivity contribution >= 4 is 11.6 Å². The van der Waals surface area contributed by atoms with Crippen LogP contribution in [-0.4, -0.2) is 16.6 Å². The molecular formula is C13H7ClF4N2O. The zero-order chi connectivity index (χ0) is 15.3. The number of epoxide rings is 1. The minimum atomic E-state index is -3.64.